The van der Waals surface area contributed by atoms with Crippen LogP contribution < -0.4 is 15.0 Å². The molecule has 0 atom stereocenters. The van der Waals surface area contributed by atoms with Crippen molar-refractivity contribution >= 4 is 28.9 Å². The van der Waals surface area contributed by atoms with Crippen LogP contribution in [0.1, 0.15) is 23.7 Å². The lowest BCUT2D eigenvalue weighted by molar-refractivity contribution is -0.137. The predicted molar refractivity (Wildman–Crippen MR) is 123 cm³/mol. The molecule has 3 heterocycles. The number of hydrogen-bond acceptors (Lipinski definition) is 7. The maximum absolute atomic E-state index is 12.9. The Balaban J connectivity index is 1.61. The highest BCUT2D eigenvalue weighted by Crippen LogP contribution is 2.33. The van der Waals surface area contributed by atoms with Crippen molar-refractivity contribution in [3.8, 4) is 6.01 Å². The summed E-state index contributed by atoms with van der Waals surface area (Å²) in [5.41, 5.74) is 1.35. The Bertz CT molecular complexity index is 1130. The molecular formula is C23H23ClF3N5O2. The molecule has 0 fully saturated rings. The van der Waals surface area contributed by atoms with Crippen LogP contribution in [-0.2, 0) is 23.9 Å². The average Bonchev–Trinajstić information content (AvgIpc) is 2.81. The van der Waals surface area contributed by atoms with Gasteiger partial charge in [0, 0.05) is 30.6 Å². The van der Waals surface area contributed by atoms with Gasteiger partial charge in [-0.3, -0.25) is 0 Å². The second kappa shape index (κ2) is 10.4. The number of anilines is 3. The van der Waals surface area contributed by atoms with Gasteiger partial charge in [-0.2, -0.15) is 23.1 Å². The SMILES string of the molecule is CCOCCOc1nc2c(c(Nc3ccc(C(F)(F)F)cc3)n1)CCN(c1ncccc1Cl)C2. The van der Waals surface area contributed by atoms with Crippen LogP contribution in [0.4, 0.5) is 30.5 Å². The van der Waals surface area contributed by atoms with Gasteiger partial charge in [0.2, 0.25) is 0 Å². The van der Waals surface area contributed by atoms with E-state index in [1.165, 1.54) is 12.1 Å². The summed E-state index contributed by atoms with van der Waals surface area (Å²) >= 11 is 6.33. The highest BCUT2D eigenvalue weighted by Gasteiger charge is 2.30. The quantitative estimate of drug-likeness (QED) is 0.429. The average molecular weight is 494 g/mol. The molecule has 34 heavy (non-hydrogen) atoms. The highest BCUT2D eigenvalue weighted by molar-refractivity contribution is 6.32. The molecule has 0 saturated heterocycles. The van der Waals surface area contributed by atoms with Gasteiger partial charge in [0.15, 0.2) is 0 Å². The van der Waals surface area contributed by atoms with Crippen LogP contribution in [0.5, 0.6) is 6.01 Å². The van der Waals surface area contributed by atoms with Gasteiger partial charge >= 0.3 is 12.2 Å². The van der Waals surface area contributed by atoms with Crippen LogP contribution >= 0.6 is 11.6 Å². The van der Waals surface area contributed by atoms with Crippen LogP contribution in [0.2, 0.25) is 5.02 Å². The van der Waals surface area contributed by atoms with E-state index < -0.39 is 11.7 Å². The first kappa shape index (κ1) is 24.0. The maximum Gasteiger partial charge on any atom is 0.416 e. The van der Waals surface area contributed by atoms with E-state index in [0.717, 1.165) is 23.4 Å². The molecule has 180 valence electrons. The molecule has 3 aromatic rings. The number of nitrogens with zero attached hydrogens (tertiary/aromatic N) is 4. The molecule has 4 rings (SSSR count). The van der Waals surface area contributed by atoms with Gasteiger partial charge in [0.05, 0.1) is 29.4 Å². The third kappa shape index (κ3) is 5.68. The fourth-order valence-electron chi connectivity index (χ4n) is 3.58. The summed E-state index contributed by atoms with van der Waals surface area (Å²) in [5.74, 6) is 1.15. The van der Waals surface area contributed by atoms with Gasteiger partial charge in [0.25, 0.3) is 0 Å². The molecule has 1 N–H and O–H groups in total. The van der Waals surface area contributed by atoms with Crippen molar-refractivity contribution in [3.05, 3.63) is 64.4 Å². The summed E-state index contributed by atoms with van der Waals surface area (Å²) in [7, 11) is 0. The minimum atomic E-state index is -4.40. The molecule has 1 aliphatic heterocycles. The third-order valence-corrected chi connectivity index (χ3v) is 5.52. The largest absolute Gasteiger partial charge is 0.461 e. The number of halogens is 4. The van der Waals surface area contributed by atoms with Crippen LogP contribution in [-0.4, -0.2) is 41.3 Å². The summed E-state index contributed by atoms with van der Waals surface area (Å²) in [6.45, 7) is 4.15. The first-order valence-corrected chi connectivity index (χ1v) is 11.1. The van der Waals surface area contributed by atoms with Crippen molar-refractivity contribution in [2.24, 2.45) is 0 Å². The lowest BCUT2D eigenvalue weighted by Gasteiger charge is -2.30. The summed E-state index contributed by atoms with van der Waals surface area (Å²) in [5, 5.41) is 3.67. The number of alkyl halides is 3. The minimum absolute atomic E-state index is 0.154. The molecular weight excluding hydrogens is 471 g/mol. The molecule has 0 unspecified atom stereocenters. The molecule has 0 bridgehead atoms. The second-order valence-corrected chi connectivity index (χ2v) is 7.91. The minimum Gasteiger partial charge on any atom is -0.461 e. The third-order valence-electron chi connectivity index (χ3n) is 5.22. The van der Waals surface area contributed by atoms with Gasteiger partial charge in [-0.25, -0.2) is 4.98 Å². The maximum atomic E-state index is 12.9. The lowest BCUT2D eigenvalue weighted by atomic mass is 10.1. The van der Waals surface area contributed by atoms with Crippen molar-refractivity contribution < 1.29 is 22.6 Å². The molecule has 2 aromatic heterocycles. The van der Waals surface area contributed by atoms with Gasteiger partial charge in [0.1, 0.15) is 18.2 Å². The van der Waals surface area contributed by atoms with Gasteiger partial charge in [-0.1, -0.05) is 11.6 Å². The molecule has 0 spiro atoms. The van der Waals surface area contributed by atoms with E-state index in [0.29, 0.717) is 55.1 Å². The van der Waals surface area contributed by atoms with Crippen LogP contribution in [0, 0.1) is 0 Å². The number of hydrogen-bond donors (Lipinski definition) is 1. The number of ether oxygens (including phenoxy) is 2. The Morgan fingerprint density at radius 2 is 1.91 bits per heavy atom. The normalized spacial score (nSPS) is 13.5. The first-order chi connectivity index (χ1) is 16.3. The zero-order valence-electron chi connectivity index (χ0n) is 18.4. The van der Waals surface area contributed by atoms with E-state index in [4.69, 9.17) is 21.1 Å². The summed E-state index contributed by atoms with van der Waals surface area (Å²) < 4.78 is 49.7. The van der Waals surface area contributed by atoms with E-state index in [9.17, 15) is 13.2 Å². The Morgan fingerprint density at radius 1 is 1.12 bits per heavy atom. The van der Waals surface area contributed by atoms with E-state index in [1.807, 2.05) is 11.8 Å². The molecule has 11 heteroatoms. The topological polar surface area (TPSA) is 72.4 Å². The van der Waals surface area contributed by atoms with Gasteiger partial charge < -0.3 is 19.7 Å². The molecule has 0 radical (unpaired) electrons. The molecule has 0 amide bonds. The van der Waals surface area contributed by atoms with E-state index in [-0.39, 0.29) is 12.6 Å². The van der Waals surface area contributed by atoms with Gasteiger partial charge in [-0.05, 0) is 49.7 Å². The Kier molecular flexibility index (Phi) is 7.38. The second-order valence-electron chi connectivity index (χ2n) is 7.51. The van der Waals surface area contributed by atoms with Crippen molar-refractivity contribution in [3.63, 3.8) is 0 Å². The van der Waals surface area contributed by atoms with E-state index in [1.54, 1.807) is 18.3 Å². The molecule has 0 aliphatic carbocycles. The van der Waals surface area contributed by atoms with Crippen LogP contribution in [0.3, 0.4) is 0 Å². The Morgan fingerprint density at radius 3 is 2.62 bits per heavy atom. The monoisotopic (exact) mass is 493 g/mol. The van der Waals surface area contributed by atoms with Crippen LogP contribution in [0.15, 0.2) is 42.6 Å². The molecule has 7 nitrogen and oxygen atoms in total. The predicted octanol–water partition coefficient (Wildman–Crippen LogP) is 5.27. The number of benzene rings is 1. The first-order valence-electron chi connectivity index (χ1n) is 10.7. The number of rotatable bonds is 8. The lowest BCUT2D eigenvalue weighted by Crippen LogP contribution is -2.33. The number of aromatic nitrogens is 3. The van der Waals surface area contributed by atoms with Gasteiger partial charge in [-0.15, -0.1) is 0 Å². The standard InChI is InChI=1S/C23H23ClF3N5O2/c1-2-33-12-13-34-22-30-19-14-32(21-18(24)4-3-10-28-21)11-9-17(19)20(31-22)29-16-7-5-15(6-8-16)23(25,26)27/h3-8,10H,2,9,11-14H2,1H3,(H,29,30,31). The molecule has 1 aromatic carbocycles. The molecule has 0 saturated carbocycles. The number of nitrogens with one attached hydrogen (secondary N) is 1. The summed E-state index contributed by atoms with van der Waals surface area (Å²) in [6, 6.07) is 8.50. The smallest absolute Gasteiger partial charge is 0.416 e. The van der Waals surface area contributed by atoms with Crippen LogP contribution in [0.25, 0.3) is 0 Å². The van der Waals surface area contributed by atoms with Crippen molar-refractivity contribution in [2.45, 2.75) is 26.1 Å². The van der Waals surface area contributed by atoms with Crippen molar-refractivity contribution in [1.29, 1.82) is 0 Å². The highest BCUT2D eigenvalue weighted by atomic mass is 35.5. The van der Waals surface area contributed by atoms with Crippen molar-refractivity contribution in [2.75, 3.05) is 36.6 Å². The van der Waals surface area contributed by atoms with E-state index >= 15 is 0 Å². The van der Waals surface area contributed by atoms with E-state index in [2.05, 4.69) is 20.3 Å². The van der Waals surface area contributed by atoms with Crippen molar-refractivity contribution in [1.82, 2.24) is 15.0 Å². The Hall–Kier alpha value is -3.11. The summed E-state index contributed by atoms with van der Waals surface area (Å²) in [4.78, 5) is 15.5. The Labute approximate surface area is 199 Å². The zero-order chi connectivity index (χ0) is 24.1. The fourth-order valence-corrected chi connectivity index (χ4v) is 3.82. The fraction of sp³-hybridized carbons (Fsp3) is 0.348. The summed E-state index contributed by atoms with van der Waals surface area (Å²) in [6.07, 6.45) is -2.13. The zero-order valence-corrected chi connectivity index (χ0v) is 19.2. The number of fused-ring (bicyclic) bond motifs is 1. The molecule has 1 aliphatic rings. The number of pyridine rings is 1.